The number of ether oxygens (including phenoxy) is 3. The molecule has 0 aliphatic heterocycles. The normalized spacial score (nSPS) is 11.6. The number of nitrogens with zero attached hydrogens (tertiary/aromatic N) is 3. The molecule has 1 aromatic heterocycles. The van der Waals surface area contributed by atoms with Crippen molar-refractivity contribution in [1.82, 2.24) is 14.8 Å². The Morgan fingerprint density at radius 1 is 1.06 bits per heavy atom. The molecular weight excluding hydrogens is 416 g/mol. The second kappa shape index (κ2) is 10.7. The minimum Gasteiger partial charge on any atom is -0.497 e. The molecule has 0 aliphatic rings. The van der Waals surface area contributed by atoms with Crippen molar-refractivity contribution in [3.8, 4) is 17.2 Å². The highest BCUT2D eigenvalue weighted by Gasteiger charge is 2.19. The van der Waals surface area contributed by atoms with Crippen LogP contribution in [-0.4, -0.2) is 40.6 Å². The van der Waals surface area contributed by atoms with E-state index in [9.17, 15) is 4.79 Å². The molecule has 1 heterocycles. The Labute approximate surface area is 185 Å². The molecule has 0 radical (unpaired) electrons. The van der Waals surface area contributed by atoms with Crippen LogP contribution < -0.4 is 19.5 Å². The van der Waals surface area contributed by atoms with Crippen molar-refractivity contribution in [1.29, 1.82) is 0 Å². The van der Waals surface area contributed by atoms with Crippen molar-refractivity contribution in [2.75, 3.05) is 25.3 Å². The Kier molecular flexibility index (Phi) is 7.77. The number of anilines is 1. The van der Waals surface area contributed by atoms with Crippen LogP contribution in [0.3, 0.4) is 0 Å². The highest BCUT2D eigenvalue weighted by molar-refractivity contribution is 7.99. The number of benzene rings is 2. The first kappa shape index (κ1) is 22.5. The zero-order valence-electron chi connectivity index (χ0n) is 18.0. The Hall–Kier alpha value is -3.20. The van der Waals surface area contributed by atoms with Gasteiger partial charge in [0.2, 0.25) is 5.91 Å². The van der Waals surface area contributed by atoms with Gasteiger partial charge >= 0.3 is 0 Å². The molecule has 0 bridgehead atoms. The van der Waals surface area contributed by atoms with Crippen LogP contribution >= 0.6 is 11.8 Å². The van der Waals surface area contributed by atoms with E-state index in [0.29, 0.717) is 34.7 Å². The van der Waals surface area contributed by atoms with E-state index < -0.39 is 0 Å². The van der Waals surface area contributed by atoms with Crippen LogP contribution in [0.15, 0.2) is 53.7 Å². The molecule has 3 aromatic rings. The zero-order chi connectivity index (χ0) is 22.2. The van der Waals surface area contributed by atoms with Gasteiger partial charge < -0.3 is 24.1 Å². The fraction of sp³-hybridized carbons (Fsp3) is 0.318. The molecule has 0 saturated heterocycles. The number of nitrogens with one attached hydrogen (secondary N) is 1. The molecule has 0 spiro atoms. The van der Waals surface area contributed by atoms with Crippen molar-refractivity contribution >= 4 is 23.4 Å². The van der Waals surface area contributed by atoms with Crippen molar-refractivity contribution in [3.63, 3.8) is 0 Å². The summed E-state index contributed by atoms with van der Waals surface area (Å²) in [5, 5.41) is 12.1. The van der Waals surface area contributed by atoms with E-state index in [1.807, 2.05) is 54.8 Å². The lowest BCUT2D eigenvalue weighted by molar-refractivity contribution is -0.113. The molecule has 1 atom stereocenters. The predicted molar refractivity (Wildman–Crippen MR) is 120 cm³/mol. The third-order valence-electron chi connectivity index (χ3n) is 4.51. The summed E-state index contributed by atoms with van der Waals surface area (Å²) < 4.78 is 18.4. The number of carbonyl (C=O) groups is 1. The van der Waals surface area contributed by atoms with E-state index in [1.165, 1.54) is 11.8 Å². The van der Waals surface area contributed by atoms with Gasteiger partial charge in [-0.3, -0.25) is 4.79 Å². The molecule has 164 valence electrons. The summed E-state index contributed by atoms with van der Waals surface area (Å²) in [6, 6.07) is 14.7. The first-order valence-electron chi connectivity index (χ1n) is 9.85. The van der Waals surface area contributed by atoms with E-state index in [-0.39, 0.29) is 17.8 Å². The maximum absolute atomic E-state index is 12.4. The minimum atomic E-state index is -0.308. The predicted octanol–water partition coefficient (Wildman–Crippen LogP) is 4.19. The maximum Gasteiger partial charge on any atom is 0.234 e. The lowest BCUT2D eigenvalue weighted by Gasteiger charge is -2.16. The molecule has 0 aliphatic carbocycles. The van der Waals surface area contributed by atoms with Crippen LogP contribution in [-0.2, 0) is 11.3 Å². The van der Waals surface area contributed by atoms with Gasteiger partial charge in [0.25, 0.3) is 0 Å². The smallest absolute Gasteiger partial charge is 0.234 e. The van der Waals surface area contributed by atoms with E-state index in [0.717, 1.165) is 5.75 Å². The number of carbonyl (C=O) groups excluding carboxylic acids is 1. The lowest BCUT2D eigenvalue weighted by Crippen LogP contribution is -2.16. The van der Waals surface area contributed by atoms with Gasteiger partial charge in [-0.2, -0.15) is 0 Å². The molecule has 8 nitrogen and oxygen atoms in total. The van der Waals surface area contributed by atoms with Gasteiger partial charge in [-0.25, -0.2) is 0 Å². The van der Waals surface area contributed by atoms with Crippen LogP contribution in [0.4, 0.5) is 5.69 Å². The number of para-hydroxylation sites is 2. The van der Waals surface area contributed by atoms with Gasteiger partial charge in [0.05, 0.1) is 25.7 Å². The SMILES string of the molecule is CCn1c(SCC(=O)Nc2ccccc2OC)nnc1C(C)Oc1ccc(OC)cc1. The summed E-state index contributed by atoms with van der Waals surface area (Å²) in [4.78, 5) is 12.4. The number of aromatic nitrogens is 3. The van der Waals surface area contributed by atoms with E-state index >= 15 is 0 Å². The Morgan fingerprint density at radius 3 is 2.45 bits per heavy atom. The maximum atomic E-state index is 12.4. The third kappa shape index (κ3) is 5.69. The first-order valence-corrected chi connectivity index (χ1v) is 10.8. The standard InChI is InChI=1S/C22H26N4O4S/c1-5-26-21(15(2)30-17-12-10-16(28-3)11-13-17)24-25-22(26)31-14-20(27)23-18-8-6-7-9-19(18)29-4/h6-13,15H,5,14H2,1-4H3,(H,23,27). The highest BCUT2D eigenvalue weighted by atomic mass is 32.2. The van der Waals surface area contributed by atoms with Gasteiger partial charge in [0.1, 0.15) is 17.2 Å². The summed E-state index contributed by atoms with van der Waals surface area (Å²) in [6.07, 6.45) is -0.308. The number of methoxy groups -OCH3 is 2. The minimum absolute atomic E-state index is 0.149. The number of amides is 1. The summed E-state index contributed by atoms with van der Waals surface area (Å²) in [5.41, 5.74) is 0.634. The second-order valence-electron chi connectivity index (χ2n) is 6.56. The summed E-state index contributed by atoms with van der Waals surface area (Å²) in [5.74, 6) is 2.84. The van der Waals surface area contributed by atoms with E-state index in [1.54, 1.807) is 26.4 Å². The number of rotatable bonds is 10. The quantitative estimate of drug-likeness (QED) is 0.471. The topological polar surface area (TPSA) is 87.5 Å². The third-order valence-corrected chi connectivity index (χ3v) is 5.48. The van der Waals surface area contributed by atoms with Gasteiger partial charge in [0.15, 0.2) is 17.1 Å². The largest absolute Gasteiger partial charge is 0.497 e. The van der Waals surface area contributed by atoms with E-state index in [2.05, 4.69) is 15.5 Å². The fourth-order valence-corrected chi connectivity index (χ4v) is 3.79. The molecule has 0 saturated carbocycles. The van der Waals surface area contributed by atoms with Crippen LogP contribution in [0.25, 0.3) is 0 Å². The molecular formula is C22H26N4O4S. The van der Waals surface area contributed by atoms with Crippen LogP contribution in [0, 0.1) is 0 Å². The Balaban J connectivity index is 1.63. The number of hydrogen-bond donors (Lipinski definition) is 1. The Bertz CT molecular complexity index is 1010. The molecule has 3 rings (SSSR count). The molecule has 0 fully saturated rings. The van der Waals surface area contributed by atoms with Crippen molar-refractivity contribution < 1.29 is 19.0 Å². The van der Waals surface area contributed by atoms with Gasteiger partial charge in [-0.05, 0) is 50.2 Å². The van der Waals surface area contributed by atoms with Crippen LogP contribution in [0.2, 0.25) is 0 Å². The van der Waals surface area contributed by atoms with Crippen molar-refractivity contribution in [2.45, 2.75) is 31.7 Å². The fourth-order valence-electron chi connectivity index (χ4n) is 2.98. The molecule has 9 heteroatoms. The highest BCUT2D eigenvalue weighted by Crippen LogP contribution is 2.27. The molecule has 31 heavy (non-hydrogen) atoms. The lowest BCUT2D eigenvalue weighted by atomic mass is 10.3. The first-order chi connectivity index (χ1) is 15.0. The van der Waals surface area contributed by atoms with Gasteiger partial charge in [0, 0.05) is 6.54 Å². The van der Waals surface area contributed by atoms with Crippen molar-refractivity contribution in [2.24, 2.45) is 0 Å². The average Bonchev–Trinajstić information content (AvgIpc) is 3.21. The van der Waals surface area contributed by atoms with E-state index in [4.69, 9.17) is 14.2 Å². The molecule has 1 amide bonds. The summed E-state index contributed by atoms with van der Waals surface area (Å²) in [7, 11) is 3.19. The Morgan fingerprint density at radius 2 is 1.77 bits per heavy atom. The van der Waals surface area contributed by atoms with Crippen LogP contribution in [0.1, 0.15) is 25.8 Å². The van der Waals surface area contributed by atoms with Crippen LogP contribution in [0.5, 0.6) is 17.2 Å². The average molecular weight is 443 g/mol. The van der Waals surface area contributed by atoms with Crippen molar-refractivity contribution in [3.05, 3.63) is 54.4 Å². The summed E-state index contributed by atoms with van der Waals surface area (Å²) in [6.45, 7) is 4.59. The summed E-state index contributed by atoms with van der Waals surface area (Å²) >= 11 is 1.33. The monoisotopic (exact) mass is 442 g/mol. The molecule has 1 unspecified atom stereocenters. The number of thioether (sulfide) groups is 1. The zero-order valence-corrected chi connectivity index (χ0v) is 18.8. The molecule has 1 N–H and O–H groups in total. The second-order valence-corrected chi connectivity index (χ2v) is 7.50. The number of hydrogen-bond acceptors (Lipinski definition) is 7. The van der Waals surface area contributed by atoms with Gasteiger partial charge in [-0.15, -0.1) is 10.2 Å². The van der Waals surface area contributed by atoms with Gasteiger partial charge in [-0.1, -0.05) is 23.9 Å². The molecule has 2 aromatic carbocycles.